The van der Waals surface area contributed by atoms with Crippen LogP contribution >= 0.6 is 11.5 Å². The van der Waals surface area contributed by atoms with Crippen molar-refractivity contribution in [1.29, 1.82) is 0 Å². The van der Waals surface area contributed by atoms with Gasteiger partial charge in [0, 0.05) is 18.9 Å². The van der Waals surface area contributed by atoms with Gasteiger partial charge in [-0.05, 0) is 31.4 Å². The van der Waals surface area contributed by atoms with E-state index < -0.39 is 0 Å². The van der Waals surface area contributed by atoms with Crippen LogP contribution in [0.1, 0.15) is 23.0 Å². The van der Waals surface area contributed by atoms with Gasteiger partial charge in [0.25, 0.3) is 0 Å². The first-order chi connectivity index (χ1) is 8.18. The normalized spacial score (nSPS) is 10.5. The number of rotatable bonds is 5. The highest BCUT2D eigenvalue weighted by molar-refractivity contribution is 7.10. The fraction of sp³-hybridized carbons (Fsp3) is 0.364. The Labute approximate surface area is 104 Å². The summed E-state index contributed by atoms with van der Waals surface area (Å²) in [6, 6.07) is 1.89. The van der Waals surface area contributed by atoms with Crippen molar-refractivity contribution in [2.75, 3.05) is 11.9 Å². The number of nitrogens with one attached hydrogen (secondary N) is 1. The number of ketones is 1. The molecule has 17 heavy (non-hydrogen) atoms. The minimum atomic E-state index is 0.0536. The van der Waals surface area contributed by atoms with Gasteiger partial charge < -0.3 is 5.32 Å². The summed E-state index contributed by atoms with van der Waals surface area (Å²) < 4.78 is 6.03. The number of aryl methyl sites for hydroxylation is 1. The Kier molecular flexibility index (Phi) is 3.53. The first-order valence-electron chi connectivity index (χ1n) is 5.37. The molecule has 1 N–H and O–H groups in total. The summed E-state index contributed by atoms with van der Waals surface area (Å²) in [5, 5.41) is 8.18. The van der Waals surface area contributed by atoms with Crippen molar-refractivity contribution < 1.29 is 4.79 Å². The third kappa shape index (κ3) is 2.71. The Morgan fingerprint density at radius 1 is 1.59 bits per heavy atom. The predicted octanol–water partition coefficient (Wildman–Crippen LogP) is 1.96. The smallest absolute Gasteiger partial charge is 0.164 e. The summed E-state index contributed by atoms with van der Waals surface area (Å²) in [4.78, 5) is 11.4. The maximum atomic E-state index is 11.4. The summed E-state index contributed by atoms with van der Waals surface area (Å²) in [7, 11) is 0. The molecular weight excluding hydrogens is 236 g/mol. The van der Waals surface area contributed by atoms with Crippen molar-refractivity contribution in [3.05, 3.63) is 29.7 Å². The summed E-state index contributed by atoms with van der Waals surface area (Å²) in [6.45, 7) is 4.91. The molecule has 2 heterocycles. The second-order valence-electron chi connectivity index (χ2n) is 3.72. The van der Waals surface area contributed by atoms with Gasteiger partial charge in [-0.15, -0.1) is 0 Å². The van der Waals surface area contributed by atoms with E-state index in [1.54, 1.807) is 13.1 Å². The topological polar surface area (TPSA) is 59.8 Å². The zero-order valence-electron chi connectivity index (χ0n) is 9.80. The molecule has 0 aliphatic rings. The van der Waals surface area contributed by atoms with E-state index in [-0.39, 0.29) is 5.78 Å². The standard InChI is InChI=1S/C11H14N4OS/c1-8-10(9(2)16)11(17-14-8)12-5-7-15-6-3-4-13-15/h3-4,6,12H,5,7H2,1-2H3. The molecule has 0 unspecified atom stereocenters. The monoisotopic (exact) mass is 250 g/mol. The van der Waals surface area contributed by atoms with E-state index in [9.17, 15) is 4.79 Å². The molecule has 0 aliphatic carbocycles. The second kappa shape index (κ2) is 5.09. The van der Waals surface area contributed by atoms with Gasteiger partial charge in [-0.3, -0.25) is 9.48 Å². The largest absolute Gasteiger partial charge is 0.373 e. The molecule has 0 aliphatic heterocycles. The highest BCUT2D eigenvalue weighted by Crippen LogP contribution is 2.24. The van der Waals surface area contributed by atoms with Crippen molar-refractivity contribution >= 4 is 22.3 Å². The van der Waals surface area contributed by atoms with Crippen molar-refractivity contribution in [2.24, 2.45) is 0 Å². The van der Waals surface area contributed by atoms with Gasteiger partial charge >= 0.3 is 0 Å². The van der Waals surface area contributed by atoms with E-state index in [4.69, 9.17) is 0 Å². The average molecular weight is 250 g/mol. The number of hydrogen-bond acceptors (Lipinski definition) is 5. The lowest BCUT2D eigenvalue weighted by atomic mass is 10.2. The van der Waals surface area contributed by atoms with E-state index in [1.807, 2.05) is 23.9 Å². The molecule has 0 saturated heterocycles. The Morgan fingerprint density at radius 2 is 2.41 bits per heavy atom. The summed E-state index contributed by atoms with van der Waals surface area (Å²) in [5.41, 5.74) is 1.50. The first-order valence-corrected chi connectivity index (χ1v) is 6.14. The van der Waals surface area contributed by atoms with Crippen LogP contribution in [-0.4, -0.2) is 26.5 Å². The lowest BCUT2D eigenvalue weighted by molar-refractivity contribution is 0.101. The Morgan fingerprint density at radius 3 is 3.06 bits per heavy atom. The second-order valence-corrected chi connectivity index (χ2v) is 4.50. The maximum Gasteiger partial charge on any atom is 0.164 e. The van der Waals surface area contributed by atoms with E-state index in [2.05, 4.69) is 14.8 Å². The number of nitrogens with zero attached hydrogens (tertiary/aromatic N) is 3. The number of aromatic nitrogens is 3. The molecule has 0 spiro atoms. The Bertz CT molecular complexity index is 504. The summed E-state index contributed by atoms with van der Waals surface area (Å²) in [5.74, 6) is 0.0536. The van der Waals surface area contributed by atoms with Gasteiger partial charge in [-0.2, -0.15) is 9.47 Å². The molecule has 0 radical (unpaired) electrons. The van der Waals surface area contributed by atoms with Gasteiger partial charge in [0.05, 0.1) is 17.8 Å². The minimum Gasteiger partial charge on any atom is -0.373 e. The zero-order chi connectivity index (χ0) is 12.3. The number of Topliss-reactive ketones (excluding diaryl/α,β-unsaturated/α-hetero) is 1. The van der Waals surface area contributed by atoms with Gasteiger partial charge in [-0.25, -0.2) is 0 Å². The number of carbonyl (C=O) groups excluding carboxylic acids is 1. The van der Waals surface area contributed by atoms with Gasteiger partial charge in [0.2, 0.25) is 0 Å². The van der Waals surface area contributed by atoms with Crippen LogP contribution in [0, 0.1) is 6.92 Å². The summed E-state index contributed by atoms with van der Waals surface area (Å²) in [6.07, 6.45) is 3.66. The SMILES string of the molecule is CC(=O)c1c(C)nsc1NCCn1cccn1. The first kappa shape index (κ1) is 11.8. The molecule has 0 bridgehead atoms. The quantitative estimate of drug-likeness (QED) is 0.824. The Balaban J connectivity index is 1.97. The zero-order valence-corrected chi connectivity index (χ0v) is 10.6. The van der Waals surface area contributed by atoms with Crippen LogP contribution in [0.25, 0.3) is 0 Å². The molecule has 6 heteroatoms. The molecule has 2 rings (SSSR count). The molecule has 0 atom stereocenters. The number of carbonyl (C=O) groups is 1. The highest BCUT2D eigenvalue weighted by atomic mass is 32.1. The molecule has 2 aromatic rings. The van der Waals surface area contributed by atoms with Crippen LogP contribution in [0.2, 0.25) is 0 Å². The van der Waals surface area contributed by atoms with Crippen LogP contribution in [0.4, 0.5) is 5.00 Å². The fourth-order valence-corrected chi connectivity index (χ4v) is 2.49. The minimum absolute atomic E-state index is 0.0536. The molecule has 0 saturated carbocycles. The molecular formula is C11H14N4OS. The molecule has 0 aromatic carbocycles. The third-order valence-corrected chi connectivity index (χ3v) is 3.30. The molecule has 2 aromatic heterocycles. The van der Waals surface area contributed by atoms with Crippen LogP contribution in [0.3, 0.4) is 0 Å². The van der Waals surface area contributed by atoms with Crippen LogP contribution in [0.15, 0.2) is 18.5 Å². The van der Waals surface area contributed by atoms with Crippen molar-refractivity contribution in [3.8, 4) is 0 Å². The fourth-order valence-electron chi connectivity index (χ4n) is 1.62. The lowest BCUT2D eigenvalue weighted by Gasteiger charge is -2.05. The van der Waals surface area contributed by atoms with Crippen LogP contribution in [-0.2, 0) is 6.54 Å². The van der Waals surface area contributed by atoms with E-state index in [1.165, 1.54) is 11.5 Å². The Hall–Kier alpha value is -1.69. The number of anilines is 1. The van der Waals surface area contributed by atoms with Crippen molar-refractivity contribution in [1.82, 2.24) is 14.2 Å². The van der Waals surface area contributed by atoms with Crippen LogP contribution in [0.5, 0.6) is 0 Å². The van der Waals surface area contributed by atoms with Gasteiger partial charge in [0.15, 0.2) is 5.78 Å². The third-order valence-electron chi connectivity index (χ3n) is 2.40. The van der Waals surface area contributed by atoms with Crippen molar-refractivity contribution in [2.45, 2.75) is 20.4 Å². The molecule has 0 fully saturated rings. The van der Waals surface area contributed by atoms with Gasteiger partial charge in [0.1, 0.15) is 5.00 Å². The van der Waals surface area contributed by atoms with Gasteiger partial charge in [-0.1, -0.05) is 0 Å². The van der Waals surface area contributed by atoms with E-state index in [0.717, 1.165) is 23.8 Å². The van der Waals surface area contributed by atoms with Crippen molar-refractivity contribution in [3.63, 3.8) is 0 Å². The van der Waals surface area contributed by atoms with Crippen LogP contribution < -0.4 is 5.32 Å². The van der Waals surface area contributed by atoms with E-state index >= 15 is 0 Å². The predicted molar refractivity (Wildman–Crippen MR) is 67.6 cm³/mol. The molecule has 5 nitrogen and oxygen atoms in total. The number of hydrogen-bond donors (Lipinski definition) is 1. The van der Waals surface area contributed by atoms with E-state index in [0.29, 0.717) is 5.56 Å². The average Bonchev–Trinajstić information content (AvgIpc) is 2.88. The summed E-state index contributed by atoms with van der Waals surface area (Å²) >= 11 is 1.33. The molecule has 90 valence electrons. The maximum absolute atomic E-state index is 11.4. The highest BCUT2D eigenvalue weighted by Gasteiger charge is 2.14. The molecule has 0 amide bonds. The lowest BCUT2D eigenvalue weighted by Crippen LogP contribution is -2.11.